The predicted octanol–water partition coefficient (Wildman–Crippen LogP) is 3.79. The third kappa shape index (κ3) is 2.98. The summed E-state index contributed by atoms with van der Waals surface area (Å²) < 4.78 is 5.38. The topological polar surface area (TPSA) is 26.3 Å². The van der Waals surface area contributed by atoms with Crippen molar-refractivity contribution in [3.63, 3.8) is 0 Å². The molecule has 2 nitrogen and oxygen atoms in total. The molecule has 0 saturated carbocycles. The summed E-state index contributed by atoms with van der Waals surface area (Å²) in [6.07, 6.45) is 0.732. The Morgan fingerprint density at radius 2 is 1.56 bits per heavy atom. The van der Waals surface area contributed by atoms with Crippen molar-refractivity contribution < 1.29 is 9.53 Å². The molecular formula is C16H16O2. The minimum Gasteiger partial charge on any atom is -0.426 e. The summed E-state index contributed by atoms with van der Waals surface area (Å²) in [4.78, 5) is 12.1. The van der Waals surface area contributed by atoms with Crippen LogP contribution in [0.15, 0.2) is 60.7 Å². The van der Waals surface area contributed by atoms with E-state index in [-0.39, 0.29) is 11.9 Å². The van der Waals surface area contributed by atoms with Crippen LogP contribution < -0.4 is 4.74 Å². The molecule has 0 heterocycles. The molecule has 0 fully saturated rings. The molecule has 92 valence electrons. The molecule has 0 aliphatic rings. The maximum atomic E-state index is 12.1. The second-order valence-corrected chi connectivity index (χ2v) is 4.11. The Kier molecular flexibility index (Phi) is 4.13. The molecule has 18 heavy (non-hydrogen) atoms. The van der Waals surface area contributed by atoms with Crippen LogP contribution in [0.25, 0.3) is 0 Å². The average molecular weight is 240 g/mol. The highest BCUT2D eigenvalue weighted by Crippen LogP contribution is 2.22. The van der Waals surface area contributed by atoms with Crippen molar-refractivity contribution in [2.45, 2.75) is 19.3 Å². The average Bonchev–Trinajstić information content (AvgIpc) is 2.42. The zero-order valence-corrected chi connectivity index (χ0v) is 10.4. The highest BCUT2D eigenvalue weighted by atomic mass is 16.5. The number of carbonyl (C=O) groups excluding carboxylic acids is 1. The number of esters is 1. The molecule has 0 spiro atoms. The minimum atomic E-state index is -0.202. The molecule has 1 atom stereocenters. The van der Waals surface area contributed by atoms with E-state index in [0.717, 1.165) is 12.0 Å². The van der Waals surface area contributed by atoms with Gasteiger partial charge < -0.3 is 4.74 Å². The van der Waals surface area contributed by atoms with Gasteiger partial charge >= 0.3 is 5.97 Å². The molecule has 2 heteroatoms. The highest BCUT2D eigenvalue weighted by Gasteiger charge is 2.20. The van der Waals surface area contributed by atoms with Gasteiger partial charge in [-0.05, 0) is 24.1 Å². The van der Waals surface area contributed by atoms with E-state index in [1.165, 1.54) is 0 Å². The Morgan fingerprint density at radius 3 is 2.11 bits per heavy atom. The van der Waals surface area contributed by atoms with E-state index in [4.69, 9.17) is 4.74 Å². The summed E-state index contributed by atoms with van der Waals surface area (Å²) in [6, 6.07) is 18.9. The fraction of sp³-hybridized carbons (Fsp3) is 0.188. The number of carbonyl (C=O) groups is 1. The summed E-state index contributed by atoms with van der Waals surface area (Å²) in [5.41, 5.74) is 1.00. The van der Waals surface area contributed by atoms with Crippen LogP contribution in [0.5, 0.6) is 5.75 Å². The van der Waals surface area contributed by atoms with Gasteiger partial charge in [-0.2, -0.15) is 0 Å². The Morgan fingerprint density at radius 1 is 1.00 bits per heavy atom. The van der Waals surface area contributed by atoms with Crippen LogP contribution >= 0.6 is 0 Å². The van der Waals surface area contributed by atoms with E-state index in [2.05, 4.69) is 0 Å². The van der Waals surface area contributed by atoms with Crippen molar-refractivity contribution in [3.05, 3.63) is 66.2 Å². The van der Waals surface area contributed by atoms with Gasteiger partial charge in [0.05, 0.1) is 5.92 Å². The van der Waals surface area contributed by atoms with Crippen molar-refractivity contribution in [1.82, 2.24) is 0 Å². The van der Waals surface area contributed by atoms with E-state index in [1.54, 1.807) is 12.1 Å². The second kappa shape index (κ2) is 6.01. The monoisotopic (exact) mass is 240 g/mol. The Balaban J connectivity index is 2.12. The van der Waals surface area contributed by atoms with Crippen LogP contribution in [0.2, 0.25) is 0 Å². The van der Waals surface area contributed by atoms with E-state index in [9.17, 15) is 4.79 Å². The van der Waals surface area contributed by atoms with Crippen LogP contribution in [-0.2, 0) is 4.79 Å². The molecule has 0 N–H and O–H groups in total. The Bertz CT molecular complexity index is 491. The summed E-state index contributed by atoms with van der Waals surface area (Å²) >= 11 is 0. The van der Waals surface area contributed by atoms with Gasteiger partial charge in [0.1, 0.15) is 5.75 Å². The van der Waals surface area contributed by atoms with Crippen LogP contribution in [0.1, 0.15) is 24.8 Å². The first-order valence-corrected chi connectivity index (χ1v) is 6.13. The van der Waals surface area contributed by atoms with Gasteiger partial charge in [0.15, 0.2) is 0 Å². The maximum Gasteiger partial charge on any atom is 0.318 e. The number of hydrogen-bond acceptors (Lipinski definition) is 2. The van der Waals surface area contributed by atoms with Crippen molar-refractivity contribution in [3.8, 4) is 5.75 Å². The molecule has 0 amide bonds. The van der Waals surface area contributed by atoms with Crippen molar-refractivity contribution >= 4 is 5.97 Å². The first kappa shape index (κ1) is 12.4. The number of benzene rings is 2. The Hall–Kier alpha value is -2.09. The molecule has 2 aromatic rings. The third-order valence-corrected chi connectivity index (χ3v) is 2.86. The van der Waals surface area contributed by atoms with Gasteiger partial charge in [0.2, 0.25) is 0 Å². The van der Waals surface area contributed by atoms with E-state index < -0.39 is 0 Å². The van der Waals surface area contributed by atoms with Crippen molar-refractivity contribution in [2.24, 2.45) is 0 Å². The number of rotatable bonds is 4. The predicted molar refractivity (Wildman–Crippen MR) is 71.6 cm³/mol. The highest BCUT2D eigenvalue weighted by molar-refractivity contribution is 5.80. The van der Waals surface area contributed by atoms with Crippen molar-refractivity contribution in [2.75, 3.05) is 0 Å². The van der Waals surface area contributed by atoms with Crippen LogP contribution in [0.3, 0.4) is 0 Å². The summed E-state index contributed by atoms with van der Waals surface area (Å²) in [7, 11) is 0. The van der Waals surface area contributed by atoms with E-state index in [1.807, 2.05) is 55.5 Å². The normalized spacial score (nSPS) is 11.8. The van der Waals surface area contributed by atoms with Crippen LogP contribution in [0, 0.1) is 0 Å². The quantitative estimate of drug-likeness (QED) is 0.600. The molecule has 0 bridgehead atoms. The largest absolute Gasteiger partial charge is 0.426 e. The van der Waals surface area contributed by atoms with Gasteiger partial charge in [-0.15, -0.1) is 0 Å². The minimum absolute atomic E-state index is 0.199. The fourth-order valence-corrected chi connectivity index (χ4v) is 1.90. The third-order valence-electron chi connectivity index (χ3n) is 2.86. The van der Waals surface area contributed by atoms with Crippen LogP contribution in [0.4, 0.5) is 0 Å². The second-order valence-electron chi connectivity index (χ2n) is 4.11. The number of ether oxygens (including phenoxy) is 1. The van der Waals surface area contributed by atoms with Gasteiger partial charge in [-0.1, -0.05) is 55.5 Å². The maximum absolute atomic E-state index is 12.1. The lowest BCUT2D eigenvalue weighted by atomic mass is 9.97. The summed E-state index contributed by atoms with van der Waals surface area (Å²) in [5, 5.41) is 0. The van der Waals surface area contributed by atoms with E-state index >= 15 is 0 Å². The SMILES string of the molecule is CCC(C(=O)Oc1ccccc1)c1ccccc1. The molecule has 2 aromatic carbocycles. The summed E-state index contributed by atoms with van der Waals surface area (Å²) in [6.45, 7) is 1.99. The molecule has 0 aliphatic heterocycles. The standard InChI is InChI=1S/C16H16O2/c1-2-15(13-9-5-3-6-10-13)16(17)18-14-11-7-4-8-12-14/h3-12,15H,2H2,1H3. The first-order chi connectivity index (χ1) is 8.81. The lowest BCUT2D eigenvalue weighted by molar-refractivity contribution is -0.136. The molecular weight excluding hydrogens is 224 g/mol. The first-order valence-electron chi connectivity index (χ1n) is 6.13. The van der Waals surface area contributed by atoms with Gasteiger partial charge in [0, 0.05) is 0 Å². The molecule has 0 radical (unpaired) electrons. The fourth-order valence-electron chi connectivity index (χ4n) is 1.90. The Labute approximate surface area is 107 Å². The lowest BCUT2D eigenvalue weighted by Crippen LogP contribution is -2.18. The molecule has 0 aromatic heterocycles. The molecule has 0 aliphatic carbocycles. The van der Waals surface area contributed by atoms with Crippen LogP contribution in [-0.4, -0.2) is 5.97 Å². The van der Waals surface area contributed by atoms with Gasteiger partial charge in [0.25, 0.3) is 0 Å². The van der Waals surface area contributed by atoms with Crippen molar-refractivity contribution in [1.29, 1.82) is 0 Å². The molecule has 2 rings (SSSR count). The molecule has 0 saturated heterocycles. The lowest BCUT2D eigenvalue weighted by Gasteiger charge is -2.14. The zero-order valence-electron chi connectivity index (χ0n) is 10.4. The van der Waals surface area contributed by atoms with E-state index in [0.29, 0.717) is 5.75 Å². The zero-order chi connectivity index (χ0) is 12.8. The number of hydrogen-bond donors (Lipinski definition) is 0. The molecule has 1 unspecified atom stereocenters. The van der Waals surface area contributed by atoms with Gasteiger partial charge in [-0.25, -0.2) is 0 Å². The number of para-hydroxylation sites is 1. The van der Waals surface area contributed by atoms with Gasteiger partial charge in [-0.3, -0.25) is 4.79 Å². The smallest absolute Gasteiger partial charge is 0.318 e. The summed E-state index contributed by atoms with van der Waals surface area (Å²) in [5.74, 6) is 0.193.